The summed E-state index contributed by atoms with van der Waals surface area (Å²) in [4.78, 5) is 11.5. The summed E-state index contributed by atoms with van der Waals surface area (Å²) in [5.41, 5.74) is 0. The number of allylic oxidation sites excluding steroid dienone is 1. The Morgan fingerprint density at radius 3 is 2.42 bits per heavy atom. The van der Waals surface area contributed by atoms with Crippen LogP contribution < -0.4 is 0 Å². The number of esters is 1. The molecule has 0 saturated carbocycles. The second kappa shape index (κ2) is 9.06. The van der Waals surface area contributed by atoms with E-state index in [9.17, 15) is 13.2 Å². The minimum absolute atomic E-state index is 0.192. The molecule has 0 saturated heterocycles. The lowest BCUT2D eigenvalue weighted by Gasteiger charge is -2.20. The molecule has 6 nitrogen and oxygen atoms in total. The fraction of sp³-hybridized carbons (Fsp3) is 0.750. The van der Waals surface area contributed by atoms with Crippen LogP contribution in [0, 0.1) is 0 Å². The van der Waals surface area contributed by atoms with Crippen LogP contribution in [0.1, 0.15) is 26.7 Å². The number of hydrogen-bond acceptors (Lipinski definition) is 6. The lowest BCUT2D eigenvalue weighted by atomic mass is 10.2. The molecule has 0 aromatic rings. The molecule has 0 amide bonds. The van der Waals surface area contributed by atoms with Gasteiger partial charge in [0.25, 0.3) is 10.1 Å². The highest BCUT2D eigenvalue weighted by Crippen LogP contribution is 2.09. The number of unbranched alkanes of at least 4 members (excludes halogenated alkanes) is 1. The topological polar surface area (TPSA) is 78.9 Å². The molecule has 0 fully saturated rings. The average molecular weight is 294 g/mol. The molecule has 0 radical (unpaired) electrons. The Hall–Kier alpha value is -0.920. The van der Waals surface area contributed by atoms with Gasteiger partial charge < -0.3 is 9.47 Å². The van der Waals surface area contributed by atoms with E-state index in [4.69, 9.17) is 8.92 Å². The first-order valence-electron chi connectivity index (χ1n) is 6.04. The first-order chi connectivity index (χ1) is 8.81. The summed E-state index contributed by atoms with van der Waals surface area (Å²) in [5, 5.41) is 0. The number of rotatable bonds is 9. The van der Waals surface area contributed by atoms with E-state index < -0.39 is 28.3 Å². The Kier molecular flexibility index (Phi) is 8.62. The summed E-state index contributed by atoms with van der Waals surface area (Å²) in [6.45, 7) is 3.68. The summed E-state index contributed by atoms with van der Waals surface area (Å²) in [5.74, 6) is -0.667. The molecule has 0 heterocycles. The van der Waals surface area contributed by atoms with Gasteiger partial charge in [-0.1, -0.05) is 25.5 Å². The molecule has 2 unspecified atom stereocenters. The second-order valence-corrected chi connectivity index (χ2v) is 5.64. The minimum Gasteiger partial charge on any atom is -0.467 e. The maximum atomic E-state index is 11.5. The van der Waals surface area contributed by atoms with Crippen molar-refractivity contribution in [3.63, 3.8) is 0 Å². The molecule has 19 heavy (non-hydrogen) atoms. The van der Waals surface area contributed by atoms with Crippen molar-refractivity contribution >= 4 is 16.1 Å². The predicted octanol–water partition coefficient (Wildman–Crippen LogP) is 1.27. The molecule has 0 spiro atoms. The van der Waals surface area contributed by atoms with Crippen LogP contribution in [0.2, 0.25) is 0 Å². The zero-order valence-corrected chi connectivity index (χ0v) is 12.6. The standard InChI is InChI=1S/C12H22O6S/c1-5-6-7-8-9-17-11(12(13)16-3)10(2)18-19(4,14)15/h7-8,10-11H,5-6,9H2,1-4H3/b8-7+. The van der Waals surface area contributed by atoms with Crippen LogP contribution in [0.4, 0.5) is 0 Å². The third kappa shape index (κ3) is 8.74. The van der Waals surface area contributed by atoms with Crippen molar-refractivity contribution in [2.75, 3.05) is 20.0 Å². The smallest absolute Gasteiger partial charge is 0.337 e. The summed E-state index contributed by atoms with van der Waals surface area (Å²) in [6.07, 6.45) is 4.53. The Bertz CT molecular complexity index is 387. The van der Waals surface area contributed by atoms with E-state index in [-0.39, 0.29) is 6.61 Å². The van der Waals surface area contributed by atoms with Crippen LogP contribution in [-0.2, 0) is 28.6 Å². The summed E-state index contributed by atoms with van der Waals surface area (Å²) in [6, 6.07) is 0. The van der Waals surface area contributed by atoms with E-state index in [1.165, 1.54) is 14.0 Å². The number of ether oxygens (including phenoxy) is 2. The van der Waals surface area contributed by atoms with Gasteiger partial charge in [-0.2, -0.15) is 8.42 Å². The van der Waals surface area contributed by atoms with E-state index in [1.807, 2.05) is 13.0 Å². The summed E-state index contributed by atoms with van der Waals surface area (Å²) < 4.78 is 36.6. The zero-order chi connectivity index (χ0) is 14.9. The van der Waals surface area contributed by atoms with Gasteiger partial charge in [0.2, 0.25) is 0 Å². The molecule has 0 aliphatic carbocycles. The van der Waals surface area contributed by atoms with Gasteiger partial charge in [0.15, 0.2) is 6.10 Å². The van der Waals surface area contributed by atoms with E-state index in [2.05, 4.69) is 4.74 Å². The molecular weight excluding hydrogens is 272 g/mol. The molecule has 0 aromatic heterocycles. The van der Waals surface area contributed by atoms with Gasteiger partial charge in [0.05, 0.1) is 20.0 Å². The molecule has 0 aliphatic heterocycles. The van der Waals surface area contributed by atoms with Gasteiger partial charge in [0.1, 0.15) is 6.10 Å². The number of hydrogen-bond donors (Lipinski definition) is 0. The molecule has 112 valence electrons. The first kappa shape index (κ1) is 18.1. The Balaban J connectivity index is 4.51. The predicted molar refractivity (Wildman–Crippen MR) is 71.2 cm³/mol. The van der Waals surface area contributed by atoms with Gasteiger partial charge in [0, 0.05) is 0 Å². The lowest BCUT2D eigenvalue weighted by molar-refractivity contribution is -0.158. The average Bonchev–Trinajstić information content (AvgIpc) is 2.30. The first-order valence-corrected chi connectivity index (χ1v) is 7.86. The lowest BCUT2D eigenvalue weighted by Crippen LogP contribution is -2.38. The molecule has 2 atom stereocenters. The van der Waals surface area contributed by atoms with Gasteiger partial charge in [-0.15, -0.1) is 0 Å². The van der Waals surface area contributed by atoms with Crippen molar-refractivity contribution in [3.05, 3.63) is 12.2 Å². The number of methoxy groups -OCH3 is 1. The Morgan fingerprint density at radius 1 is 1.32 bits per heavy atom. The highest BCUT2D eigenvalue weighted by molar-refractivity contribution is 7.86. The highest BCUT2D eigenvalue weighted by Gasteiger charge is 2.29. The second-order valence-electron chi connectivity index (χ2n) is 4.04. The zero-order valence-electron chi connectivity index (χ0n) is 11.8. The molecular formula is C12H22O6S. The van der Waals surface area contributed by atoms with Crippen LogP contribution in [0.15, 0.2) is 12.2 Å². The fourth-order valence-corrected chi connectivity index (χ4v) is 2.00. The molecule has 7 heteroatoms. The normalized spacial score (nSPS) is 15.4. The van der Waals surface area contributed by atoms with E-state index in [1.54, 1.807) is 6.08 Å². The minimum atomic E-state index is -3.66. The van der Waals surface area contributed by atoms with Crippen LogP contribution in [-0.4, -0.2) is 46.6 Å². The van der Waals surface area contributed by atoms with E-state index in [0.29, 0.717) is 0 Å². The van der Waals surface area contributed by atoms with Crippen LogP contribution in [0.5, 0.6) is 0 Å². The Morgan fingerprint density at radius 2 is 1.95 bits per heavy atom. The maximum Gasteiger partial charge on any atom is 0.337 e. The van der Waals surface area contributed by atoms with Crippen molar-refractivity contribution in [3.8, 4) is 0 Å². The van der Waals surface area contributed by atoms with E-state index >= 15 is 0 Å². The number of carbonyl (C=O) groups excluding carboxylic acids is 1. The third-order valence-electron chi connectivity index (χ3n) is 2.18. The highest BCUT2D eigenvalue weighted by atomic mass is 32.2. The van der Waals surface area contributed by atoms with Gasteiger partial charge in [-0.25, -0.2) is 4.79 Å². The molecule has 0 aromatic carbocycles. The van der Waals surface area contributed by atoms with Crippen LogP contribution in [0.25, 0.3) is 0 Å². The summed E-state index contributed by atoms with van der Waals surface area (Å²) in [7, 11) is -2.45. The third-order valence-corrected chi connectivity index (χ3v) is 2.83. The van der Waals surface area contributed by atoms with Crippen molar-refractivity contribution in [1.29, 1.82) is 0 Å². The Labute approximate surface area is 114 Å². The summed E-state index contributed by atoms with van der Waals surface area (Å²) >= 11 is 0. The molecule has 0 rings (SSSR count). The van der Waals surface area contributed by atoms with Gasteiger partial charge in [-0.3, -0.25) is 4.18 Å². The van der Waals surface area contributed by atoms with Crippen LogP contribution >= 0.6 is 0 Å². The monoisotopic (exact) mass is 294 g/mol. The van der Waals surface area contributed by atoms with Crippen LogP contribution in [0.3, 0.4) is 0 Å². The largest absolute Gasteiger partial charge is 0.467 e. The maximum absolute atomic E-state index is 11.5. The van der Waals surface area contributed by atoms with Crippen molar-refractivity contribution in [2.24, 2.45) is 0 Å². The van der Waals surface area contributed by atoms with Gasteiger partial charge in [-0.05, 0) is 13.3 Å². The van der Waals surface area contributed by atoms with Crippen molar-refractivity contribution < 1.29 is 26.9 Å². The van der Waals surface area contributed by atoms with Gasteiger partial charge >= 0.3 is 5.97 Å². The molecule has 0 bridgehead atoms. The van der Waals surface area contributed by atoms with Crippen molar-refractivity contribution in [2.45, 2.75) is 38.9 Å². The quantitative estimate of drug-likeness (QED) is 0.362. The van der Waals surface area contributed by atoms with E-state index in [0.717, 1.165) is 19.1 Å². The van der Waals surface area contributed by atoms with Crippen molar-refractivity contribution in [1.82, 2.24) is 0 Å². The molecule has 0 N–H and O–H groups in total. The SMILES string of the molecule is CCC/C=C/COC(C(=O)OC)C(C)OS(C)(=O)=O. The number of carbonyl (C=O) groups is 1. The molecule has 0 aliphatic rings. The fourth-order valence-electron chi connectivity index (χ4n) is 1.35.